The summed E-state index contributed by atoms with van der Waals surface area (Å²) in [5.74, 6) is -2.10. The van der Waals surface area contributed by atoms with E-state index in [4.69, 9.17) is 14.6 Å². The third kappa shape index (κ3) is 2.90. The van der Waals surface area contributed by atoms with Crippen LogP contribution >= 0.6 is 0 Å². The summed E-state index contributed by atoms with van der Waals surface area (Å²) in [5, 5.41) is 8.97. The van der Waals surface area contributed by atoms with E-state index in [1.165, 1.54) is 24.3 Å². The smallest absolute Gasteiger partial charge is 0.335 e. The van der Waals surface area contributed by atoms with Gasteiger partial charge in [0.2, 0.25) is 5.91 Å². The van der Waals surface area contributed by atoms with Crippen LogP contribution in [0.1, 0.15) is 29.6 Å². The van der Waals surface area contributed by atoms with Crippen molar-refractivity contribution in [3.8, 4) is 0 Å². The number of carboxylic acids is 1. The second-order valence-corrected chi connectivity index (χ2v) is 6.78. The Labute approximate surface area is 150 Å². The molecule has 0 bridgehead atoms. The van der Waals surface area contributed by atoms with E-state index < -0.39 is 17.8 Å². The topological polar surface area (TPSA) is 96.4 Å². The van der Waals surface area contributed by atoms with Crippen LogP contribution in [0.3, 0.4) is 0 Å². The largest absolute Gasteiger partial charge is 0.478 e. The van der Waals surface area contributed by atoms with Crippen LogP contribution in [0.25, 0.3) is 0 Å². The molecular formula is C18H20N2O6. The summed E-state index contributed by atoms with van der Waals surface area (Å²) >= 11 is 0. The molecule has 0 aliphatic carbocycles. The Morgan fingerprint density at radius 2 is 1.69 bits per heavy atom. The van der Waals surface area contributed by atoms with Crippen LogP contribution in [0, 0.1) is 0 Å². The Bertz CT molecular complexity index is 731. The summed E-state index contributed by atoms with van der Waals surface area (Å²) in [5.41, 5.74) is 0.519. The Morgan fingerprint density at radius 1 is 1.08 bits per heavy atom. The van der Waals surface area contributed by atoms with Crippen LogP contribution in [0.15, 0.2) is 24.3 Å². The predicted molar refractivity (Wildman–Crippen MR) is 89.7 cm³/mol. The molecule has 1 aromatic carbocycles. The normalized spacial score (nSPS) is 26.0. The number of nitrogens with zero attached hydrogens (tertiary/aromatic N) is 2. The average molecular weight is 360 g/mol. The molecule has 1 spiro atoms. The molecule has 0 aromatic heterocycles. The lowest BCUT2D eigenvalue weighted by molar-refractivity contribution is -0.188. The van der Waals surface area contributed by atoms with Crippen molar-refractivity contribution in [2.24, 2.45) is 0 Å². The van der Waals surface area contributed by atoms with E-state index in [9.17, 15) is 14.4 Å². The molecule has 138 valence electrons. The van der Waals surface area contributed by atoms with Gasteiger partial charge < -0.3 is 14.6 Å². The average Bonchev–Trinajstić information content (AvgIpc) is 3.20. The van der Waals surface area contributed by atoms with E-state index in [1.807, 2.05) is 4.90 Å². The number of likely N-dealkylation sites (tertiary alicyclic amines) is 1. The maximum absolute atomic E-state index is 12.8. The number of carbonyl (C=O) groups is 3. The number of piperidine rings is 1. The number of hydrogen-bond acceptors (Lipinski definition) is 6. The van der Waals surface area contributed by atoms with Crippen molar-refractivity contribution in [3.63, 3.8) is 0 Å². The molecule has 3 fully saturated rings. The monoisotopic (exact) mass is 360 g/mol. The SMILES string of the molecule is O=C(O)c1ccc(N2C(=O)CC(N3CCC4(CC3)OCCO4)C2=O)cc1. The van der Waals surface area contributed by atoms with Gasteiger partial charge in [-0.05, 0) is 24.3 Å². The quantitative estimate of drug-likeness (QED) is 0.799. The number of ether oxygens (including phenoxy) is 2. The van der Waals surface area contributed by atoms with Gasteiger partial charge in [0.1, 0.15) is 0 Å². The molecule has 1 atom stereocenters. The van der Waals surface area contributed by atoms with Crippen molar-refractivity contribution in [2.45, 2.75) is 31.1 Å². The number of carboxylic acid groups (broad SMARTS) is 1. The number of aromatic carboxylic acids is 1. The molecule has 0 radical (unpaired) electrons. The van der Waals surface area contributed by atoms with E-state index >= 15 is 0 Å². The number of anilines is 1. The van der Waals surface area contributed by atoms with Gasteiger partial charge in [0.05, 0.1) is 36.9 Å². The standard InChI is InChI=1S/C18H20N2O6/c21-15-11-14(19-7-5-18(6-8-19)25-9-10-26-18)16(22)20(15)13-3-1-12(2-4-13)17(23)24/h1-4,14H,5-11H2,(H,23,24). The van der Waals surface area contributed by atoms with Crippen molar-refractivity contribution in [2.75, 3.05) is 31.2 Å². The van der Waals surface area contributed by atoms with Crippen LogP contribution < -0.4 is 4.90 Å². The maximum Gasteiger partial charge on any atom is 0.335 e. The minimum absolute atomic E-state index is 0.113. The molecule has 8 nitrogen and oxygen atoms in total. The van der Waals surface area contributed by atoms with E-state index in [-0.39, 0.29) is 23.8 Å². The molecule has 26 heavy (non-hydrogen) atoms. The molecule has 1 N–H and O–H groups in total. The van der Waals surface area contributed by atoms with Crippen molar-refractivity contribution in [3.05, 3.63) is 29.8 Å². The van der Waals surface area contributed by atoms with Gasteiger partial charge in [-0.25, -0.2) is 9.69 Å². The molecule has 1 aromatic rings. The van der Waals surface area contributed by atoms with Gasteiger partial charge in [0.25, 0.3) is 5.91 Å². The Morgan fingerprint density at radius 3 is 2.27 bits per heavy atom. The van der Waals surface area contributed by atoms with Crippen molar-refractivity contribution < 1.29 is 29.0 Å². The van der Waals surface area contributed by atoms with E-state index in [1.54, 1.807) is 0 Å². The second-order valence-electron chi connectivity index (χ2n) is 6.78. The summed E-state index contributed by atoms with van der Waals surface area (Å²) < 4.78 is 11.4. The van der Waals surface area contributed by atoms with Gasteiger partial charge in [-0.3, -0.25) is 14.5 Å². The van der Waals surface area contributed by atoms with Gasteiger partial charge in [-0.15, -0.1) is 0 Å². The van der Waals surface area contributed by atoms with Crippen LogP contribution in [0.5, 0.6) is 0 Å². The van der Waals surface area contributed by atoms with Crippen molar-refractivity contribution >= 4 is 23.5 Å². The molecule has 3 saturated heterocycles. The fourth-order valence-electron chi connectivity index (χ4n) is 3.89. The number of imide groups is 1. The van der Waals surface area contributed by atoms with Gasteiger partial charge in [-0.1, -0.05) is 0 Å². The molecule has 8 heteroatoms. The van der Waals surface area contributed by atoms with Gasteiger partial charge in [0, 0.05) is 25.9 Å². The summed E-state index contributed by atoms with van der Waals surface area (Å²) in [7, 11) is 0. The van der Waals surface area contributed by atoms with Gasteiger partial charge >= 0.3 is 5.97 Å². The predicted octanol–water partition coefficient (Wildman–Crippen LogP) is 0.856. The minimum Gasteiger partial charge on any atom is -0.478 e. The number of rotatable bonds is 3. The second kappa shape index (κ2) is 6.46. The van der Waals surface area contributed by atoms with Crippen LogP contribution in [-0.4, -0.2) is 65.9 Å². The third-order valence-electron chi connectivity index (χ3n) is 5.31. The Kier molecular flexibility index (Phi) is 4.26. The Hall–Kier alpha value is -2.29. The fourth-order valence-corrected chi connectivity index (χ4v) is 3.89. The van der Waals surface area contributed by atoms with E-state index in [0.29, 0.717) is 44.8 Å². The minimum atomic E-state index is -1.05. The first kappa shape index (κ1) is 17.1. The number of amides is 2. The van der Waals surface area contributed by atoms with Gasteiger partial charge in [0.15, 0.2) is 5.79 Å². The Balaban J connectivity index is 1.46. The molecule has 3 aliphatic heterocycles. The lowest BCUT2D eigenvalue weighted by Crippen LogP contribution is -2.51. The highest BCUT2D eigenvalue weighted by Crippen LogP contribution is 2.34. The molecular weight excluding hydrogens is 340 g/mol. The maximum atomic E-state index is 12.8. The summed E-state index contributed by atoms with van der Waals surface area (Å²) in [6, 6.07) is 5.29. The van der Waals surface area contributed by atoms with Gasteiger partial charge in [-0.2, -0.15) is 0 Å². The lowest BCUT2D eigenvalue weighted by Gasteiger charge is -2.39. The highest BCUT2D eigenvalue weighted by Gasteiger charge is 2.47. The zero-order valence-electron chi connectivity index (χ0n) is 14.2. The first-order chi connectivity index (χ1) is 12.5. The highest BCUT2D eigenvalue weighted by molar-refractivity contribution is 6.22. The molecule has 4 rings (SSSR count). The summed E-state index contributed by atoms with van der Waals surface area (Å²) in [6.07, 6.45) is 1.49. The zero-order chi connectivity index (χ0) is 18.3. The van der Waals surface area contributed by atoms with Crippen LogP contribution in [0.2, 0.25) is 0 Å². The highest BCUT2D eigenvalue weighted by atomic mass is 16.7. The van der Waals surface area contributed by atoms with Crippen molar-refractivity contribution in [1.29, 1.82) is 0 Å². The van der Waals surface area contributed by atoms with E-state index in [0.717, 1.165) is 4.90 Å². The number of hydrogen-bond donors (Lipinski definition) is 1. The number of benzene rings is 1. The van der Waals surface area contributed by atoms with Crippen LogP contribution in [-0.2, 0) is 19.1 Å². The summed E-state index contributed by atoms with van der Waals surface area (Å²) in [4.78, 5) is 39.4. The third-order valence-corrected chi connectivity index (χ3v) is 5.31. The lowest BCUT2D eigenvalue weighted by atomic mass is 10.0. The molecule has 3 heterocycles. The molecule has 2 amide bonds. The van der Waals surface area contributed by atoms with Crippen LogP contribution in [0.4, 0.5) is 5.69 Å². The number of carbonyl (C=O) groups excluding carboxylic acids is 2. The first-order valence-corrected chi connectivity index (χ1v) is 8.71. The summed E-state index contributed by atoms with van der Waals surface area (Å²) in [6.45, 7) is 2.47. The molecule has 1 unspecified atom stereocenters. The fraction of sp³-hybridized carbons (Fsp3) is 0.500. The van der Waals surface area contributed by atoms with Crippen molar-refractivity contribution in [1.82, 2.24) is 4.90 Å². The zero-order valence-corrected chi connectivity index (χ0v) is 14.2. The molecule has 3 aliphatic rings. The molecule has 0 saturated carbocycles. The van der Waals surface area contributed by atoms with E-state index in [2.05, 4.69) is 0 Å². The first-order valence-electron chi connectivity index (χ1n) is 8.71.